The van der Waals surface area contributed by atoms with Gasteiger partial charge < -0.3 is 10.6 Å². The molecule has 1 aliphatic heterocycles. The zero-order valence-corrected chi connectivity index (χ0v) is 13.4. The van der Waals surface area contributed by atoms with Crippen molar-refractivity contribution in [3.05, 3.63) is 35.6 Å². The largest absolute Gasteiger partial charge is 0.335 e. The summed E-state index contributed by atoms with van der Waals surface area (Å²) in [5.41, 5.74) is 6.39. The second-order valence-electron chi connectivity index (χ2n) is 6.31. The fourth-order valence-electron chi connectivity index (χ4n) is 3.34. The van der Waals surface area contributed by atoms with Crippen molar-refractivity contribution >= 4 is 5.91 Å². The number of likely N-dealkylation sites (tertiary alicyclic amines) is 1. The first-order valence-electron chi connectivity index (χ1n) is 8.38. The van der Waals surface area contributed by atoms with Crippen molar-refractivity contribution in [2.24, 2.45) is 11.7 Å². The van der Waals surface area contributed by atoms with Gasteiger partial charge in [-0.2, -0.15) is 0 Å². The van der Waals surface area contributed by atoms with Crippen LogP contribution in [0.2, 0.25) is 0 Å². The highest BCUT2D eigenvalue weighted by Crippen LogP contribution is 2.37. The van der Waals surface area contributed by atoms with E-state index in [4.69, 9.17) is 5.73 Å². The number of benzene rings is 1. The molecule has 0 spiro atoms. The van der Waals surface area contributed by atoms with Gasteiger partial charge in [-0.3, -0.25) is 4.79 Å². The third kappa shape index (κ3) is 4.29. The molecule has 2 atom stereocenters. The number of unbranched alkanes of at least 4 members (excludes halogenated alkanes) is 3. The fraction of sp³-hybridized carbons (Fsp3) is 0.611. The van der Waals surface area contributed by atoms with Crippen LogP contribution >= 0.6 is 0 Å². The second-order valence-corrected chi connectivity index (χ2v) is 6.31. The van der Waals surface area contributed by atoms with Crippen LogP contribution in [0, 0.1) is 11.7 Å². The maximum atomic E-state index is 13.5. The number of rotatable bonds is 7. The van der Waals surface area contributed by atoms with Crippen molar-refractivity contribution < 1.29 is 9.18 Å². The lowest BCUT2D eigenvalue weighted by molar-refractivity contribution is -0.132. The number of nitrogens with two attached hydrogens (primary N) is 1. The van der Waals surface area contributed by atoms with Crippen LogP contribution in [0.5, 0.6) is 0 Å². The Balaban J connectivity index is 1.95. The van der Waals surface area contributed by atoms with Gasteiger partial charge in [0.25, 0.3) is 0 Å². The van der Waals surface area contributed by atoms with Crippen LogP contribution < -0.4 is 5.73 Å². The van der Waals surface area contributed by atoms with E-state index in [1.165, 1.54) is 6.07 Å². The van der Waals surface area contributed by atoms with E-state index in [0.29, 0.717) is 12.3 Å². The van der Waals surface area contributed by atoms with Crippen LogP contribution in [0.25, 0.3) is 0 Å². The van der Waals surface area contributed by atoms with Gasteiger partial charge in [0.1, 0.15) is 5.82 Å². The van der Waals surface area contributed by atoms with E-state index < -0.39 is 0 Å². The molecule has 1 saturated heterocycles. The zero-order valence-electron chi connectivity index (χ0n) is 13.4. The highest BCUT2D eigenvalue weighted by Gasteiger charge is 2.35. The molecule has 1 aromatic carbocycles. The molecule has 0 aromatic heterocycles. The Morgan fingerprint density at radius 2 is 2.09 bits per heavy atom. The Bertz CT molecular complexity index is 492. The first-order valence-corrected chi connectivity index (χ1v) is 8.38. The van der Waals surface area contributed by atoms with Gasteiger partial charge in [0.05, 0.1) is 6.04 Å². The molecule has 3 nitrogen and oxygen atoms in total. The standard InChI is InChI=1S/C18H27FN2O/c1-14-10-12-21(17(22)9-4-2-3-5-11-20)18(14)15-7-6-8-16(19)13-15/h6-8,13-14,18H,2-5,9-12,20H2,1H3. The molecule has 4 heteroatoms. The molecule has 0 saturated carbocycles. The number of carbonyl (C=O) groups is 1. The van der Waals surface area contributed by atoms with Gasteiger partial charge in [-0.1, -0.05) is 31.9 Å². The average molecular weight is 306 g/mol. The van der Waals surface area contributed by atoms with Crippen molar-refractivity contribution in [1.29, 1.82) is 0 Å². The summed E-state index contributed by atoms with van der Waals surface area (Å²) < 4.78 is 13.5. The molecular weight excluding hydrogens is 279 g/mol. The van der Waals surface area contributed by atoms with Crippen LogP contribution in [-0.4, -0.2) is 23.9 Å². The van der Waals surface area contributed by atoms with E-state index in [1.807, 2.05) is 11.0 Å². The molecular formula is C18H27FN2O. The predicted molar refractivity (Wildman–Crippen MR) is 86.8 cm³/mol. The summed E-state index contributed by atoms with van der Waals surface area (Å²) in [5.74, 6) is 0.347. The summed E-state index contributed by atoms with van der Waals surface area (Å²) in [6.45, 7) is 3.65. The topological polar surface area (TPSA) is 46.3 Å². The minimum absolute atomic E-state index is 0.0206. The Labute approximate surface area is 132 Å². The maximum Gasteiger partial charge on any atom is 0.223 e. The summed E-state index contributed by atoms with van der Waals surface area (Å²) in [6.07, 6.45) is 5.66. The van der Waals surface area contributed by atoms with Crippen molar-refractivity contribution in [1.82, 2.24) is 4.90 Å². The van der Waals surface area contributed by atoms with Gasteiger partial charge in [0.15, 0.2) is 0 Å². The van der Waals surface area contributed by atoms with Crippen LogP contribution in [0.4, 0.5) is 4.39 Å². The molecule has 0 aliphatic carbocycles. The number of halogens is 1. The van der Waals surface area contributed by atoms with Crippen molar-refractivity contribution in [3.63, 3.8) is 0 Å². The van der Waals surface area contributed by atoms with E-state index >= 15 is 0 Å². The van der Waals surface area contributed by atoms with E-state index in [0.717, 1.165) is 50.8 Å². The van der Waals surface area contributed by atoms with Crippen molar-refractivity contribution in [2.45, 2.75) is 51.5 Å². The Kier molecular flexibility index (Phi) is 6.37. The summed E-state index contributed by atoms with van der Waals surface area (Å²) in [5, 5.41) is 0. The van der Waals surface area contributed by atoms with E-state index in [-0.39, 0.29) is 17.8 Å². The van der Waals surface area contributed by atoms with E-state index in [2.05, 4.69) is 6.92 Å². The first kappa shape index (κ1) is 16.9. The normalized spacial score (nSPS) is 21.3. The quantitative estimate of drug-likeness (QED) is 0.782. The predicted octanol–water partition coefficient (Wildman–Crippen LogP) is 3.64. The van der Waals surface area contributed by atoms with Crippen LogP contribution in [0.3, 0.4) is 0 Å². The minimum atomic E-state index is -0.231. The number of nitrogens with zero attached hydrogens (tertiary/aromatic N) is 1. The lowest BCUT2D eigenvalue weighted by atomic mass is 9.95. The number of carbonyl (C=O) groups excluding carboxylic acids is 1. The third-order valence-corrected chi connectivity index (χ3v) is 4.56. The molecule has 1 fully saturated rings. The zero-order chi connectivity index (χ0) is 15.9. The Morgan fingerprint density at radius 1 is 1.32 bits per heavy atom. The molecule has 0 bridgehead atoms. The average Bonchev–Trinajstić information content (AvgIpc) is 2.88. The molecule has 1 aliphatic rings. The molecule has 0 radical (unpaired) electrons. The van der Waals surface area contributed by atoms with Crippen LogP contribution in [0.15, 0.2) is 24.3 Å². The maximum absolute atomic E-state index is 13.5. The highest BCUT2D eigenvalue weighted by molar-refractivity contribution is 5.77. The van der Waals surface area contributed by atoms with E-state index in [1.54, 1.807) is 12.1 Å². The highest BCUT2D eigenvalue weighted by atomic mass is 19.1. The van der Waals surface area contributed by atoms with Gasteiger partial charge in [0, 0.05) is 13.0 Å². The van der Waals surface area contributed by atoms with Crippen molar-refractivity contribution in [3.8, 4) is 0 Å². The summed E-state index contributed by atoms with van der Waals surface area (Å²) in [6, 6.07) is 6.69. The molecule has 122 valence electrons. The summed E-state index contributed by atoms with van der Waals surface area (Å²) in [7, 11) is 0. The van der Waals surface area contributed by atoms with Gasteiger partial charge in [-0.05, 0) is 49.4 Å². The van der Waals surface area contributed by atoms with E-state index in [9.17, 15) is 9.18 Å². The number of amides is 1. The molecule has 2 rings (SSSR count). The summed E-state index contributed by atoms with van der Waals surface area (Å²) in [4.78, 5) is 14.4. The van der Waals surface area contributed by atoms with Crippen LogP contribution in [0.1, 0.15) is 57.1 Å². The molecule has 1 heterocycles. The third-order valence-electron chi connectivity index (χ3n) is 4.56. The molecule has 1 amide bonds. The van der Waals surface area contributed by atoms with Gasteiger partial charge in [-0.15, -0.1) is 0 Å². The van der Waals surface area contributed by atoms with Crippen LogP contribution in [-0.2, 0) is 4.79 Å². The monoisotopic (exact) mass is 306 g/mol. The smallest absolute Gasteiger partial charge is 0.223 e. The SMILES string of the molecule is CC1CCN(C(=O)CCCCCCN)C1c1cccc(F)c1. The lowest BCUT2D eigenvalue weighted by Gasteiger charge is -2.27. The second kappa shape index (κ2) is 8.28. The number of hydrogen-bond acceptors (Lipinski definition) is 2. The van der Waals surface area contributed by atoms with Gasteiger partial charge in [-0.25, -0.2) is 4.39 Å². The van der Waals surface area contributed by atoms with Gasteiger partial charge in [0.2, 0.25) is 5.91 Å². The Hall–Kier alpha value is -1.42. The molecule has 1 aromatic rings. The Morgan fingerprint density at radius 3 is 2.82 bits per heavy atom. The van der Waals surface area contributed by atoms with Crippen molar-refractivity contribution in [2.75, 3.05) is 13.1 Å². The van der Waals surface area contributed by atoms with Gasteiger partial charge >= 0.3 is 0 Å². The first-order chi connectivity index (χ1) is 10.6. The summed E-state index contributed by atoms with van der Waals surface area (Å²) >= 11 is 0. The molecule has 2 N–H and O–H groups in total. The number of hydrogen-bond donors (Lipinski definition) is 1. The molecule has 2 unspecified atom stereocenters. The minimum Gasteiger partial charge on any atom is -0.335 e. The lowest BCUT2D eigenvalue weighted by Crippen LogP contribution is -2.31. The fourth-order valence-corrected chi connectivity index (χ4v) is 3.34. The molecule has 22 heavy (non-hydrogen) atoms.